The molecule has 1 atom stereocenters. The predicted molar refractivity (Wildman–Crippen MR) is 118 cm³/mol. The van der Waals surface area contributed by atoms with Gasteiger partial charge in [-0.2, -0.15) is 4.72 Å². The Balaban J connectivity index is 1.85. The molecule has 0 aliphatic heterocycles. The molecule has 0 bridgehead atoms. The first-order valence-electron chi connectivity index (χ1n) is 9.45. The normalized spacial score (nSPS) is 12.2. The van der Waals surface area contributed by atoms with Crippen LogP contribution in [0.3, 0.4) is 0 Å². The molecule has 0 saturated heterocycles. The van der Waals surface area contributed by atoms with E-state index in [0.29, 0.717) is 0 Å². The molecule has 1 heterocycles. The van der Waals surface area contributed by atoms with E-state index in [9.17, 15) is 13.2 Å². The molecule has 1 aromatic heterocycles. The first kappa shape index (κ1) is 22.7. The Labute approximate surface area is 186 Å². The zero-order chi connectivity index (χ0) is 22.3. The highest BCUT2D eigenvalue weighted by molar-refractivity contribution is 7.89. The fraction of sp³-hybridized carbons (Fsp3) is 0.182. The molecule has 9 heteroatoms. The molecule has 0 unspecified atom stereocenters. The number of nitrogens with one attached hydrogen (secondary N) is 2. The number of pyridine rings is 1. The van der Waals surface area contributed by atoms with Gasteiger partial charge in [-0.05, 0) is 47.9 Å². The number of carbonyl (C=O) groups excluding carboxylic acids is 1. The van der Waals surface area contributed by atoms with Crippen LogP contribution in [0, 0.1) is 0 Å². The van der Waals surface area contributed by atoms with Gasteiger partial charge in [-0.3, -0.25) is 9.78 Å². The molecule has 2 aromatic carbocycles. The third-order valence-electron chi connectivity index (χ3n) is 4.53. The Morgan fingerprint density at radius 1 is 1.06 bits per heavy atom. The summed E-state index contributed by atoms with van der Waals surface area (Å²) < 4.78 is 33.9. The van der Waals surface area contributed by atoms with E-state index in [4.69, 9.17) is 16.3 Å². The Morgan fingerprint density at radius 3 is 2.45 bits per heavy atom. The molecule has 31 heavy (non-hydrogen) atoms. The fourth-order valence-corrected chi connectivity index (χ4v) is 4.59. The van der Waals surface area contributed by atoms with Crippen molar-refractivity contribution in [1.29, 1.82) is 0 Å². The predicted octanol–water partition coefficient (Wildman–Crippen LogP) is 2.95. The van der Waals surface area contributed by atoms with E-state index in [-0.39, 0.29) is 28.6 Å². The van der Waals surface area contributed by atoms with E-state index < -0.39 is 22.0 Å². The average molecular weight is 460 g/mol. The zero-order valence-electron chi connectivity index (χ0n) is 16.8. The van der Waals surface area contributed by atoms with Gasteiger partial charge >= 0.3 is 0 Å². The van der Waals surface area contributed by atoms with Crippen LogP contribution in [0.15, 0.2) is 78.0 Å². The number of hydrogen-bond acceptors (Lipinski definition) is 5. The summed E-state index contributed by atoms with van der Waals surface area (Å²) in [5.41, 5.74) is 1.66. The van der Waals surface area contributed by atoms with Crippen molar-refractivity contribution in [3.8, 4) is 5.75 Å². The molecular formula is C22H22ClN3O4S. The number of benzene rings is 2. The quantitative estimate of drug-likeness (QED) is 0.512. The third kappa shape index (κ3) is 6.27. The minimum atomic E-state index is -4.10. The number of amides is 1. The molecule has 162 valence electrons. The lowest BCUT2D eigenvalue weighted by atomic mass is 10.1. The monoisotopic (exact) mass is 459 g/mol. The highest BCUT2D eigenvalue weighted by Crippen LogP contribution is 2.27. The maximum absolute atomic E-state index is 13.1. The summed E-state index contributed by atoms with van der Waals surface area (Å²) in [7, 11) is -2.74. The van der Waals surface area contributed by atoms with Crippen molar-refractivity contribution >= 4 is 27.5 Å². The average Bonchev–Trinajstić information content (AvgIpc) is 2.78. The lowest BCUT2D eigenvalue weighted by Gasteiger charge is -2.20. The highest BCUT2D eigenvalue weighted by Gasteiger charge is 2.28. The Hall–Kier alpha value is -2.94. The van der Waals surface area contributed by atoms with Gasteiger partial charge < -0.3 is 10.1 Å². The van der Waals surface area contributed by atoms with Crippen molar-refractivity contribution in [3.63, 3.8) is 0 Å². The topological polar surface area (TPSA) is 97.4 Å². The van der Waals surface area contributed by atoms with Gasteiger partial charge in [0.25, 0.3) is 0 Å². The van der Waals surface area contributed by atoms with Crippen molar-refractivity contribution < 1.29 is 17.9 Å². The fourth-order valence-electron chi connectivity index (χ4n) is 2.96. The van der Waals surface area contributed by atoms with Gasteiger partial charge in [0.2, 0.25) is 15.9 Å². The number of aromatic nitrogens is 1. The van der Waals surface area contributed by atoms with Gasteiger partial charge in [0, 0.05) is 24.0 Å². The molecule has 0 spiro atoms. The lowest BCUT2D eigenvalue weighted by molar-refractivity contribution is -0.122. The smallest absolute Gasteiger partial charge is 0.245 e. The van der Waals surface area contributed by atoms with Crippen molar-refractivity contribution in [2.75, 3.05) is 7.11 Å². The van der Waals surface area contributed by atoms with Crippen LogP contribution in [0.4, 0.5) is 0 Å². The number of carbonyl (C=O) groups is 1. The van der Waals surface area contributed by atoms with Crippen LogP contribution in [0.5, 0.6) is 5.75 Å². The van der Waals surface area contributed by atoms with Crippen LogP contribution in [-0.4, -0.2) is 32.5 Å². The van der Waals surface area contributed by atoms with Crippen molar-refractivity contribution in [1.82, 2.24) is 15.0 Å². The molecule has 2 N–H and O–H groups in total. The minimum absolute atomic E-state index is 0.132. The molecule has 0 radical (unpaired) electrons. The zero-order valence-corrected chi connectivity index (χ0v) is 18.4. The van der Waals surface area contributed by atoms with Gasteiger partial charge in [-0.1, -0.05) is 41.9 Å². The second-order valence-corrected chi connectivity index (χ2v) is 8.85. The van der Waals surface area contributed by atoms with Gasteiger partial charge in [0.1, 0.15) is 16.7 Å². The maximum Gasteiger partial charge on any atom is 0.245 e. The van der Waals surface area contributed by atoms with Crippen molar-refractivity contribution in [2.24, 2.45) is 0 Å². The molecule has 0 aliphatic carbocycles. The second kappa shape index (κ2) is 10.4. The molecule has 1 amide bonds. The van der Waals surface area contributed by atoms with E-state index in [2.05, 4.69) is 15.0 Å². The maximum atomic E-state index is 13.1. The van der Waals surface area contributed by atoms with E-state index in [1.54, 1.807) is 24.5 Å². The van der Waals surface area contributed by atoms with Gasteiger partial charge in [-0.15, -0.1) is 0 Å². The van der Waals surface area contributed by atoms with Gasteiger partial charge in [-0.25, -0.2) is 8.42 Å². The van der Waals surface area contributed by atoms with E-state index in [1.807, 2.05) is 30.3 Å². The lowest BCUT2D eigenvalue weighted by Crippen LogP contribution is -2.47. The number of methoxy groups -OCH3 is 1. The number of hydrogen-bond donors (Lipinski definition) is 2. The Morgan fingerprint density at radius 2 is 1.77 bits per heavy atom. The van der Waals surface area contributed by atoms with Crippen molar-refractivity contribution in [2.45, 2.75) is 23.9 Å². The number of ether oxygens (including phenoxy) is 1. The summed E-state index contributed by atoms with van der Waals surface area (Å²) in [6.45, 7) is 0.245. The van der Waals surface area contributed by atoms with E-state index in [1.165, 1.54) is 25.3 Å². The van der Waals surface area contributed by atoms with Crippen LogP contribution in [-0.2, 0) is 27.8 Å². The number of rotatable bonds is 9. The first-order chi connectivity index (χ1) is 14.9. The largest absolute Gasteiger partial charge is 0.495 e. The Kier molecular flexibility index (Phi) is 7.62. The minimum Gasteiger partial charge on any atom is -0.495 e. The molecule has 0 saturated carbocycles. The van der Waals surface area contributed by atoms with E-state index >= 15 is 0 Å². The molecule has 0 aliphatic rings. The SMILES string of the molecule is COc1ccc(Cl)cc1S(=O)(=O)N[C@@H](Cc1ccccc1)C(=O)NCc1ccncc1. The number of sulfonamides is 1. The molecular weight excluding hydrogens is 438 g/mol. The summed E-state index contributed by atoms with van der Waals surface area (Å²) in [6.07, 6.45) is 3.42. The van der Waals surface area contributed by atoms with Gasteiger partial charge in [0.15, 0.2) is 0 Å². The van der Waals surface area contributed by atoms with Gasteiger partial charge in [0.05, 0.1) is 7.11 Å². The Bertz CT molecular complexity index is 1130. The van der Waals surface area contributed by atoms with Crippen LogP contribution in [0.1, 0.15) is 11.1 Å². The van der Waals surface area contributed by atoms with Crippen molar-refractivity contribution in [3.05, 3.63) is 89.2 Å². The van der Waals surface area contributed by atoms with Crippen LogP contribution in [0.25, 0.3) is 0 Å². The van der Waals surface area contributed by atoms with Crippen LogP contribution < -0.4 is 14.8 Å². The molecule has 3 rings (SSSR count). The summed E-state index contributed by atoms with van der Waals surface area (Å²) >= 11 is 5.99. The number of halogens is 1. The number of nitrogens with zero attached hydrogens (tertiary/aromatic N) is 1. The van der Waals surface area contributed by atoms with Crippen LogP contribution >= 0.6 is 11.6 Å². The van der Waals surface area contributed by atoms with E-state index in [0.717, 1.165) is 11.1 Å². The highest BCUT2D eigenvalue weighted by atomic mass is 35.5. The van der Waals surface area contributed by atoms with Crippen LogP contribution in [0.2, 0.25) is 5.02 Å². The summed E-state index contributed by atoms with van der Waals surface area (Å²) in [5.74, 6) is -0.321. The second-order valence-electron chi connectivity index (χ2n) is 6.73. The molecule has 7 nitrogen and oxygen atoms in total. The summed E-state index contributed by atoms with van der Waals surface area (Å²) in [4.78, 5) is 16.7. The summed E-state index contributed by atoms with van der Waals surface area (Å²) in [5, 5.41) is 3.02. The molecule has 0 fully saturated rings. The molecule has 3 aromatic rings. The standard InChI is InChI=1S/C22H22ClN3O4S/c1-30-20-8-7-18(23)14-21(20)31(28,29)26-19(13-16-5-3-2-4-6-16)22(27)25-15-17-9-11-24-12-10-17/h2-12,14,19,26H,13,15H2,1H3,(H,25,27)/t19-/m0/s1. The third-order valence-corrected chi connectivity index (χ3v) is 6.26. The first-order valence-corrected chi connectivity index (χ1v) is 11.3. The summed E-state index contributed by atoms with van der Waals surface area (Å²) in [6, 6.07) is 16.0.